The van der Waals surface area contributed by atoms with Crippen LogP contribution in [0.3, 0.4) is 0 Å². The van der Waals surface area contributed by atoms with E-state index in [1.807, 2.05) is 48.5 Å². The summed E-state index contributed by atoms with van der Waals surface area (Å²) in [6.45, 7) is 1.59. The first-order valence-electron chi connectivity index (χ1n) is 9.85. The molecule has 2 N–H and O–H groups in total. The fourth-order valence-electron chi connectivity index (χ4n) is 3.12. The number of amides is 1. The monoisotopic (exact) mass is 467 g/mol. The minimum atomic E-state index is -3.70. The Bertz CT molecular complexity index is 1320. The van der Waals surface area contributed by atoms with Crippen LogP contribution in [-0.4, -0.2) is 25.3 Å². The van der Waals surface area contributed by atoms with E-state index in [2.05, 4.69) is 14.4 Å². The Morgan fingerprint density at radius 1 is 1.06 bits per heavy atom. The lowest BCUT2D eigenvalue weighted by Crippen LogP contribution is -2.26. The van der Waals surface area contributed by atoms with E-state index < -0.39 is 10.0 Å². The summed E-state index contributed by atoms with van der Waals surface area (Å²) in [5.41, 5.74) is 1.53. The molecule has 1 aromatic heterocycles. The number of anilines is 1. The Hall–Kier alpha value is -3.27. The maximum Gasteiger partial charge on any atom is 0.262 e. The third-order valence-corrected chi connectivity index (χ3v) is 7.11. The number of fused-ring (bicyclic) bond motifs is 1. The Balaban J connectivity index is 1.33. The van der Waals surface area contributed by atoms with E-state index >= 15 is 0 Å². The summed E-state index contributed by atoms with van der Waals surface area (Å²) in [5, 5.41) is 3.73. The van der Waals surface area contributed by atoms with Crippen molar-refractivity contribution in [2.75, 3.05) is 11.9 Å². The van der Waals surface area contributed by atoms with Crippen LogP contribution < -0.4 is 14.8 Å². The number of carbonyl (C=O) groups is 1. The predicted octanol–water partition coefficient (Wildman–Crippen LogP) is 4.35. The van der Waals surface area contributed by atoms with Gasteiger partial charge < -0.3 is 10.1 Å². The molecule has 7 nitrogen and oxygen atoms in total. The number of aromatic nitrogens is 1. The summed E-state index contributed by atoms with van der Waals surface area (Å²) in [5.74, 6) is 0.0790. The highest BCUT2D eigenvalue weighted by Crippen LogP contribution is 2.22. The molecule has 0 aliphatic carbocycles. The fraction of sp³-hybridized carbons (Fsp3) is 0.130. The van der Waals surface area contributed by atoms with Crippen LogP contribution in [0.1, 0.15) is 18.5 Å². The largest absolute Gasteiger partial charge is 0.484 e. The van der Waals surface area contributed by atoms with Gasteiger partial charge in [-0.2, -0.15) is 4.37 Å². The molecule has 0 bridgehead atoms. The SMILES string of the molecule is CC(NS(=O)(=O)c1ccc(OCC(=O)Nc2ccc3sncc3c2)cc1)c1ccccc1. The molecule has 0 aliphatic rings. The van der Waals surface area contributed by atoms with Crippen molar-refractivity contribution in [2.45, 2.75) is 17.9 Å². The Labute approximate surface area is 190 Å². The third-order valence-electron chi connectivity index (χ3n) is 4.77. The summed E-state index contributed by atoms with van der Waals surface area (Å²) < 4.78 is 38.6. The van der Waals surface area contributed by atoms with Gasteiger partial charge in [0.1, 0.15) is 5.75 Å². The Kier molecular flexibility index (Phi) is 6.50. The molecule has 0 saturated heterocycles. The lowest BCUT2D eigenvalue weighted by Gasteiger charge is -2.15. The van der Waals surface area contributed by atoms with E-state index in [4.69, 9.17) is 4.74 Å². The number of benzene rings is 3. The minimum Gasteiger partial charge on any atom is -0.484 e. The molecule has 4 rings (SSSR count). The van der Waals surface area contributed by atoms with Crippen LogP contribution in [-0.2, 0) is 14.8 Å². The summed E-state index contributed by atoms with van der Waals surface area (Å²) in [6.07, 6.45) is 1.75. The van der Waals surface area contributed by atoms with Crippen LogP contribution in [0.5, 0.6) is 5.75 Å². The molecule has 0 fully saturated rings. The number of carbonyl (C=O) groups excluding carboxylic acids is 1. The molecule has 1 amide bonds. The second-order valence-electron chi connectivity index (χ2n) is 7.14. The van der Waals surface area contributed by atoms with Crippen LogP contribution >= 0.6 is 11.5 Å². The zero-order valence-electron chi connectivity index (χ0n) is 17.2. The van der Waals surface area contributed by atoms with Crippen LogP contribution in [0.4, 0.5) is 5.69 Å². The van der Waals surface area contributed by atoms with Gasteiger partial charge in [-0.1, -0.05) is 30.3 Å². The van der Waals surface area contributed by atoms with E-state index in [9.17, 15) is 13.2 Å². The molecule has 0 spiro atoms. The summed E-state index contributed by atoms with van der Waals surface area (Å²) in [4.78, 5) is 12.3. The number of hydrogen-bond acceptors (Lipinski definition) is 6. The summed E-state index contributed by atoms with van der Waals surface area (Å²) in [6, 6.07) is 20.5. The average Bonchev–Trinajstić information content (AvgIpc) is 3.26. The van der Waals surface area contributed by atoms with Gasteiger partial charge in [-0.25, -0.2) is 13.1 Å². The first-order valence-corrected chi connectivity index (χ1v) is 12.1. The molecular formula is C23H21N3O4S2. The van der Waals surface area contributed by atoms with E-state index in [-0.39, 0.29) is 23.5 Å². The average molecular weight is 468 g/mol. The van der Waals surface area contributed by atoms with Crippen LogP contribution in [0.15, 0.2) is 83.9 Å². The first-order chi connectivity index (χ1) is 15.4. The summed E-state index contributed by atoms with van der Waals surface area (Å²) >= 11 is 1.39. The van der Waals surface area contributed by atoms with E-state index in [0.717, 1.165) is 15.6 Å². The van der Waals surface area contributed by atoms with Gasteiger partial charge in [-0.15, -0.1) is 0 Å². The molecule has 3 aromatic carbocycles. The molecule has 1 unspecified atom stereocenters. The van der Waals surface area contributed by atoms with Crippen molar-refractivity contribution in [3.05, 3.63) is 84.6 Å². The standard InChI is InChI=1S/C23H21N3O4S2/c1-16(17-5-3-2-4-6-17)26-32(28,29)21-10-8-20(9-11-21)30-15-23(27)25-19-7-12-22-18(13-19)14-24-31-22/h2-14,16,26H,15H2,1H3,(H,25,27). The van der Waals surface area contributed by atoms with Gasteiger partial charge in [0.05, 0.1) is 9.60 Å². The highest BCUT2D eigenvalue weighted by Gasteiger charge is 2.18. The number of ether oxygens (including phenoxy) is 1. The van der Waals surface area contributed by atoms with Crippen molar-refractivity contribution in [2.24, 2.45) is 0 Å². The molecule has 0 radical (unpaired) electrons. The van der Waals surface area contributed by atoms with Crippen molar-refractivity contribution < 1.29 is 17.9 Å². The zero-order valence-corrected chi connectivity index (χ0v) is 18.8. The number of nitrogens with one attached hydrogen (secondary N) is 2. The predicted molar refractivity (Wildman–Crippen MR) is 125 cm³/mol. The highest BCUT2D eigenvalue weighted by molar-refractivity contribution is 7.89. The maximum atomic E-state index is 12.7. The molecule has 1 heterocycles. The van der Waals surface area contributed by atoms with Gasteiger partial charge in [0.15, 0.2) is 6.61 Å². The normalized spacial score (nSPS) is 12.4. The molecule has 164 valence electrons. The van der Waals surface area contributed by atoms with Gasteiger partial charge in [0, 0.05) is 23.3 Å². The molecule has 9 heteroatoms. The quantitative estimate of drug-likeness (QED) is 0.401. The second kappa shape index (κ2) is 9.47. The molecule has 0 aliphatic heterocycles. The van der Waals surface area contributed by atoms with Crippen LogP contribution in [0, 0.1) is 0 Å². The highest BCUT2D eigenvalue weighted by atomic mass is 32.2. The number of rotatable bonds is 8. The lowest BCUT2D eigenvalue weighted by molar-refractivity contribution is -0.118. The van der Waals surface area contributed by atoms with Crippen molar-refractivity contribution in [1.82, 2.24) is 9.10 Å². The molecule has 32 heavy (non-hydrogen) atoms. The molecule has 0 saturated carbocycles. The smallest absolute Gasteiger partial charge is 0.262 e. The fourth-order valence-corrected chi connectivity index (χ4v) is 4.98. The number of nitrogens with zero attached hydrogens (tertiary/aromatic N) is 1. The van der Waals surface area contributed by atoms with E-state index in [1.54, 1.807) is 13.1 Å². The van der Waals surface area contributed by atoms with Gasteiger partial charge in [0.25, 0.3) is 5.91 Å². The minimum absolute atomic E-state index is 0.120. The van der Waals surface area contributed by atoms with Crippen molar-refractivity contribution >= 4 is 43.2 Å². The molecule has 1 atom stereocenters. The lowest BCUT2D eigenvalue weighted by atomic mass is 10.1. The first kappa shape index (κ1) is 21.9. The van der Waals surface area contributed by atoms with Gasteiger partial charge >= 0.3 is 0 Å². The van der Waals surface area contributed by atoms with Crippen LogP contribution in [0.2, 0.25) is 0 Å². The van der Waals surface area contributed by atoms with Crippen LogP contribution in [0.25, 0.3) is 10.1 Å². The molecule has 4 aromatic rings. The van der Waals surface area contributed by atoms with Gasteiger partial charge in [-0.05, 0) is 66.5 Å². The zero-order chi connectivity index (χ0) is 22.6. The van der Waals surface area contributed by atoms with Gasteiger partial charge in [-0.3, -0.25) is 4.79 Å². The van der Waals surface area contributed by atoms with Gasteiger partial charge in [0.2, 0.25) is 10.0 Å². The number of hydrogen-bond donors (Lipinski definition) is 2. The Morgan fingerprint density at radius 3 is 2.56 bits per heavy atom. The summed E-state index contributed by atoms with van der Waals surface area (Å²) in [7, 11) is -3.70. The second-order valence-corrected chi connectivity index (χ2v) is 9.69. The van der Waals surface area contributed by atoms with E-state index in [0.29, 0.717) is 11.4 Å². The third kappa shape index (κ3) is 5.31. The maximum absolute atomic E-state index is 12.7. The van der Waals surface area contributed by atoms with Crippen molar-refractivity contribution in [3.63, 3.8) is 0 Å². The topological polar surface area (TPSA) is 97.4 Å². The van der Waals surface area contributed by atoms with Crippen molar-refractivity contribution in [1.29, 1.82) is 0 Å². The van der Waals surface area contributed by atoms with E-state index in [1.165, 1.54) is 35.8 Å². The van der Waals surface area contributed by atoms with Crippen molar-refractivity contribution in [3.8, 4) is 5.75 Å². The Morgan fingerprint density at radius 2 is 1.81 bits per heavy atom. The molecular weight excluding hydrogens is 446 g/mol. The number of sulfonamides is 1.